The predicted octanol–water partition coefficient (Wildman–Crippen LogP) is 3.72. The number of aromatic amines is 1. The SMILES string of the molecule is COc1ccc2cc(C(=O)N3CCC(Cn4c(C)cnc4C4CC4)C3)[nH]c2c1. The summed E-state index contributed by atoms with van der Waals surface area (Å²) in [6, 6.07) is 7.77. The van der Waals surface area contributed by atoms with E-state index < -0.39 is 0 Å². The van der Waals surface area contributed by atoms with E-state index in [4.69, 9.17) is 4.74 Å². The van der Waals surface area contributed by atoms with E-state index in [1.807, 2.05) is 35.4 Å². The van der Waals surface area contributed by atoms with Crippen molar-refractivity contribution in [3.05, 3.63) is 47.7 Å². The van der Waals surface area contributed by atoms with Gasteiger partial charge in [0, 0.05) is 54.4 Å². The first-order valence-corrected chi connectivity index (χ1v) is 10.1. The van der Waals surface area contributed by atoms with Crippen molar-refractivity contribution in [2.75, 3.05) is 20.2 Å². The zero-order chi connectivity index (χ0) is 19.3. The molecule has 1 saturated carbocycles. The van der Waals surface area contributed by atoms with Gasteiger partial charge < -0.3 is 19.2 Å². The number of aryl methyl sites for hydroxylation is 1. The number of carbonyl (C=O) groups excluding carboxylic acids is 1. The molecule has 2 aliphatic rings. The van der Waals surface area contributed by atoms with Crippen LogP contribution < -0.4 is 4.74 Å². The Morgan fingerprint density at radius 1 is 1.29 bits per heavy atom. The number of likely N-dealkylation sites (tertiary alicyclic amines) is 1. The number of H-pyrrole nitrogens is 1. The average molecular weight is 378 g/mol. The number of amides is 1. The fourth-order valence-corrected chi connectivity index (χ4v) is 4.33. The van der Waals surface area contributed by atoms with Gasteiger partial charge in [0.05, 0.1) is 7.11 Å². The zero-order valence-corrected chi connectivity index (χ0v) is 16.4. The molecule has 5 rings (SSSR count). The van der Waals surface area contributed by atoms with Gasteiger partial charge in [0.15, 0.2) is 0 Å². The molecule has 0 radical (unpaired) electrons. The number of aromatic nitrogens is 3. The van der Waals surface area contributed by atoms with E-state index in [1.54, 1.807) is 7.11 Å². The lowest BCUT2D eigenvalue weighted by molar-refractivity contribution is 0.0781. The van der Waals surface area contributed by atoms with E-state index in [0.29, 0.717) is 17.5 Å². The molecule has 2 fully saturated rings. The highest BCUT2D eigenvalue weighted by atomic mass is 16.5. The summed E-state index contributed by atoms with van der Waals surface area (Å²) in [6.07, 6.45) is 5.56. The van der Waals surface area contributed by atoms with Crippen LogP contribution in [-0.4, -0.2) is 45.5 Å². The van der Waals surface area contributed by atoms with Crippen molar-refractivity contribution in [1.82, 2.24) is 19.4 Å². The van der Waals surface area contributed by atoms with Crippen molar-refractivity contribution in [3.8, 4) is 5.75 Å². The van der Waals surface area contributed by atoms with Crippen molar-refractivity contribution >= 4 is 16.8 Å². The van der Waals surface area contributed by atoms with Crippen LogP contribution in [0.2, 0.25) is 0 Å². The molecule has 2 aromatic heterocycles. The molecule has 1 aliphatic heterocycles. The van der Waals surface area contributed by atoms with Crippen LogP contribution in [0.15, 0.2) is 30.5 Å². The molecule has 1 unspecified atom stereocenters. The van der Waals surface area contributed by atoms with Crippen molar-refractivity contribution in [2.24, 2.45) is 5.92 Å². The number of nitrogens with zero attached hydrogens (tertiary/aromatic N) is 3. The predicted molar refractivity (Wildman–Crippen MR) is 108 cm³/mol. The first kappa shape index (κ1) is 17.3. The third kappa shape index (κ3) is 3.07. The van der Waals surface area contributed by atoms with Gasteiger partial charge in [0.2, 0.25) is 0 Å². The molecule has 1 aliphatic carbocycles. The van der Waals surface area contributed by atoms with Gasteiger partial charge in [-0.25, -0.2) is 4.98 Å². The number of ether oxygens (including phenoxy) is 1. The molecule has 3 aromatic rings. The molecule has 6 heteroatoms. The quantitative estimate of drug-likeness (QED) is 0.736. The first-order chi connectivity index (χ1) is 13.6. The van der Waals surface area contributed by atoms with Gasteiger partial charge in [-0.2, -0.15) is 0 Å². The Bertz CT molecular complexity index is 1030. The lowest BCUT2D eigenvalue weighted by Gasteiger charge is -2.17. The van der Waals surface area contributed by atoms with Gasteiger partial charge in [0.25, 0.3) is 5.91 Å². The largest absolute Gasteiger partial charge is 0.497 e. The highest BCUT2D eigenvalue weighted by Crippen LogP contribution is 2.40. The molecule has 0 bridgehead atoms. The smallest absolute Gasteiger partial charge is 0.270 e. The number of carbonyl (C=O) groups is 1. The van der Waals surface area contributed by atoms with Gasteiger partial charge >= 0.3 is 0 Å². The molecular weight excluding hydrogens is 352 g/mol. The lowest BCUT2D eigenvalue weighted by Crippen LogP contribution is -2.29. The second-order valence-electron chi connectivity index (χ2n) is 8.18. The maximum atomic E-state index is 13.0. The molecule has 1 aromatic carbocycles. The average Bonchev–Trinajstić information content (AvgIpc) is 3.13. The Morgan fingerprint density at radius 3 is 2.93 bits per heavy atom. The molecule has 0 spiro atoms. The summed E-state index contributed by atoms with van der Waals surface area (Å²) in [6.45, 7) is 4.72. The van der Waals surface area contributed by atoms with Crippen LogP contribution in [0.25, 0.3) is 10.9 Å². The summed E-state index contributed by atoms with van der Waals surface area (Å²) in [5, 5.41) is 1.03. The minimum atomic E-state index is 0.0856. The van der Waals surface area contributed by atoms with Crippen LogP contribution in [0.3, 0.4) is 0 Å². The second kappa shape index (κ2) is 6.69. The molecule has 1 amide bonds. The topological polar surface area (TPSA) is 63.1 Å². The highest BCUT2D eigenvalue weighted by molar-refractivity contribution is 5.98. The minimum Gasteiger partial charge on any atom is -0.497 e. The van der Waals surface area contributed by atoms with Crippen molar-refractivity contribution in [2.45, 2.75) is 38.6 Å². The summed E-state index contributed by atoms with van der Waals surface area (Å²) in [4.78, 5) is 22.9. The number of fused-ring (bicyclic) bond motifs is 1. The maximum Gasteiger partial charge on any atom is 0.270 e. The second-order valence-corrected chi connectivity index (χ2v) is 8.18. The zero-order valence-electron chi connectivity index (χ0n) is 16.4. The number of hydrogen-bond donors (Lipinski definition) is 1. The number of nitrogens with one attached hydrogen (secondary N) is 1. The Balaban J connectivity index is 1.29. The van der Waals surface area contributed by atoms with E-state index in [9.17, 15) is 4.79 Å². The maximum absolute atomic E-state index is 13.0. The summed E-state index contributed by atoms with van der Waals surface area (Å²) < 4.78 is 7.65. The molecule has 6 nitrogen and oxygen atoms in total. The third-order valence-electron chi connectivity index (χ3n) is 6.10. The first-order valence-electron chi connectivity index (χ1n) is 10.1. The van der Waals surface area contributed by atoms with Crippen LogP contribution >= 0.6 is 0 Å². The Labute approximate surface area is 164 Å². The lowest BCUT2D eigenvalue weighted by atomic mass is 10.1. The number of methoxy groups -OCH3 is 1. The molecule has 146 valence electrons. The van der Waals surface area contributed by atoms with Gasteiger partial charge in [-0.15, -0.1) is 0 Å². The summed E-state index contributed by atoms with van der Waals surface area (Å²) in [5.74, 6) is 3.25. The summed E-state index contributed by atoms with van der Waals surface area (Å²) in [7, 11) is 1.65. The fraction of sp³-hybridized carbons (Fsp3) is 0.455. The molecule has 28 heavy (non-hydrogen) atoms. The highest BCUT2D eigenvalue weighted by Gasteiger charge is 2.32. The van der Waals surface area contributed by atoms with E-state index in [-0.39, 0.29) is 5.91 Å². The van der Waals surface area contributed by atoms with Gasteiger partial charge in [0.1, 0.15) is 17.3 Å². The van der Waals surface area contributed by atoms with Crippen LogP contribution in [-0.2, 0) is 6.54 Å². The molecule has 1 saturated heterocycles. The fourth-order valence-electron chi connectivity index (χ4n) is 4.33. The van der Waals surface area contributed by atoms with Gasteiger partial charge in [-0.3, -0.25) is 4.79 Å². The standard InChI is InChI=1S/C22H26N4O2/c1-14-11-23-21(16-3-4-16)26(14)13-15-7-8-25(12-15)22(27)20-9-17-5-6-18(28-2)10-19(17)24-20/h5-6,9-11,15-16,24H,3-4,7-8,12-13H2,1-2H3. The van der Waals surface area contributed by atoms with Gasteiger partial charge in [-0.05, 0) is 50.3 Å². The Kier molecular flexibility index (Phi) is 4.14. The molecule has 1 N–H and O–H groups in total. The minimum absolute atomic E-state index is 0.0856. The monoisotopic (exact) mass is 378 g/mol. The Hall–Kier alpha value is -2.76. The van der Waals surface area contributed by atoms with E-state index >= 15 is 0 Å². The molecular formula is C22H26N4O2. The number of rotatable bonds is 5. The van der Waals surface area contributed by atoms with E-state index in [2.05, 4.69) is 21.5 Å². The van der Waals surface area contributed by atoms with Gasteiger partial charge in [-0.1, -0.05) is 0 Å². The van der Waals surface area contributed by atoms with Crippen LogP contribution in [0.4, 0.5) is 0 Å². The van der Waals surface area contributed by atoms with Crippen molar-refractivity contribution in [1.29, 1.82) is 0 Å². The van der Waals surface area contributed by atoms with Crippen LogP contribution in [0.5, 0.6) is 5.75 Å². The van der Waals surface area contributed by atoms with Crippen molar-refractivity contribution in [3.63, 3.8) is 0 Å². The summed E-state index contributed by atoms with van der Waals surface area (Å²) in [5.41, 5.74) is 2.82. The van der Waals surface area contributed by atoms with Crippen LogP contribution in [0, 0.1) is 12.8 Å². The normalized spacial score (nSPS) is 19.5. The van der Waals surface area contributed by atoms with E-state index in [0.717, 1.165) is 42.7 Å². The Morgan fingerprint density at radius 2 is 2.14 bits per heavy atom. The number of imidazole rings is 1. The van der Waals surface area contributed by atoms with Crippen LogP contribution in [0.1, 0.15) is 47.2 Å². The number of hydrogen-bond acceptors (Lipinski definition) is 3. The summed E-state index contributed by atoms with van der Waals surface area (Å²) >= 11 is 0. The number of benzene rings is 1. The van der Waals surface area contributed by atoms with E-state index in [1.165, 1.54) is 24.4 Å². The van der Waals surface area contributed by atoms with Crippen molar-refractivity contribution < 1.29 is 9.53 Å². The molecule has 3 heterocycles. The third-order valence-corrected chi connectivity index (χ3v) is 6.10. The molecule has 1 atom stereocenters.